The van der Waals surface area contributed by atoms with Gasteiger partial charge in [0.2, 0.25) is 0 Å². The van der Waals surface area contributed by atoms with E-state index in [0.717, 1.165) is 13.1 Å². The molecule has 148 valence electrons. The SMILES string of the molecule is Cn1nc(C(=O)N2CCN(c3ccncc3C3CC3)CC2)c2ccccc2c1=O. The van der Waals surface area contributed by atoms with Crippen molar-refractivity contribution in [2.75, 3.05) is 31.1 Å². The largest absolute Gasteiger partial charge is 0.368 e. The van der Waals surface area contributed by atoms with Crippen LogP contribution in [0.3, 0.4) is 0 Å². The van der Waals surface area contributed by atoms with Crippen LogP contribution in [-0.4, -0.2) is 51.8 Å². The lowest BCUT2D eigenvalue weighted by molar-refractivity contribution is 0.0740. The van der Waals surface area contributed by atoms with Gasteiger partial charge in [-0.25, -0.2) is 4.68 Å². The molecule has 1 saturated carbocycles. The summed E-state index contributed by atoms with van der Waals surface area (Å²) in [6.07, 6.45) is 6.32. The number of carbonyl (C=O) groups excluding carboxylic acids is 1. The number of benzene rings is 1. The van der Waals surface area contributed by atoms with E-state index in [2.05, 4.69) is 21.0 Å². The smallest absolute Gasteiger partial charge is 0.275 e. The molecular formula is C22H23N5O2. The number of nitrogens with zero attached hydrogens (tertiary/aromatic N) is 5. The fourth-order valence-corrected chi connectivity index (χ4v) is 4.15. The van der Waals surface area contributed by atoms with Crippen molar-refractivity contribution >= 4 is 22.4 Å². The molecule has 1 amide bonds. The van der Waals surface area contributed by atoms with Crippen LogP contribution < -0.4 is 10.5 Å². The third-order valence-corrected chi connectivity index (χ3v) is 5.91. The lowest BCUT2D eigenvalue weighted by Crippen LogP contribution is -2.49. The number of hydrogen-bond acceptors (Lipinski definition) is 5. The molecule has 3 heterocycles. The van der Waals surface area contributed by atoms with E-state index in [-0.39, 0.29) is 11.5 Å². The molecular weight excluding hydrogens is 366 g/mol. The number of aromatic nitrogens is 3. The monoisotopic (exact) mass is 389 g/mol. The van der Waals surface area contributed by atoms with Gasteiger partial charge in [-0.2, -0.15) is 5.10 Å². The first kappa shape index (κ1) is 17.8. The number of piperazine rings is 1. The van der Waals surface area contributed by atoms with Gasteiger partial charge in [-0.1, -0.05) is 18.2 Å². The number of anilines is 1. The standard InChI is InChI=1S/C22H23N5O2/c1-25-21(28)17-5-3-2-4-16(17)20(24-25)22(29)27-12-10-26(11-13-27)19-8-9-23-14-18(19)15-6-7-15/h2-5,8-9,14-15H,6-7,10-13H2,1H3. The summed E-state index contributed by atoms with van der Waals surface area (Å²) in [6, 6.07) is 9.28. The van der Waals surface area contributed by atoms with Crippen LogP contribution in [0.4, 0.5) is 5.69 Å². The van der Waals surface area contributed by atoms with Crippen molar-refractivity contribution in [3.63, 3.8) is 0 Å². The number of carbonyl (C=O) groups is 1. The minimum atomic E-state index is -0.188. The number of hydrogen-bond donors (Lipinski definition) is 0. The van der Waals surface area contributed by atoms with E-state index in [1.165, 1.54) is 28.8 Å². The van der Waals surface area contributed by atoms with Crippen LogP contribution in [0.5, 0.6) is 0 Å². The third kappa shape index (κ3) is 3.16. The normalized spacial score (nSPS) is 17.0. The van der Waals surface area contributed by atoms with Gasteiger partial charge in [0, 0.05) is 56.7 Å². The zero-order valence-corrected chi connectivity index (χ0v) is 16.4. The molecule has 1 aliphatic carbocycles. The Morgan fingerprint density at radius 1 is 1.03 bits per heavy atom. The maximum atomic E-state index is 13.2. The van der Waals surface area contributed by atoms with Crippen LogP contribution in [0.25, 0.3) is 10.8 Å². The summed E-state index contributed by atoms with van der Waals surface area (Å²) in [7, 11) is 1.59. The minimum Gasteiger partial charge on any atom is -0.368 e. The lowest BCUT2D eigenvalue weighted by Gasteiger charge is -2.37. The maximum Gasteiger partial charge on any atom is 0.275 e. The van der Waals surface area contributed by atoms with Gasteiger partial charge in [-0.3, -0.25) is 14.6 Å². The van der Waals surface area contributed by atoms with Crippen LogP contribution >= 0.6 is 0 Å². The molecule has 7 nitrogen and oxygen atoms in total. The highest BCUT2D eigenvalue weighted by Crippen LogP contribution is 2.44. The van der Waals surface area contributed by atoms with E-state index in [0.29, 0.717) is 35.5 Å². The average molecular weight is 389 g/mol. The van der Waals surface area contributed by atoms with Crippen molar-refractivity contribution in [1.29, 1.82) is 0 Å². The molecule has 0 bridgehead atoms. The van der Waals surface area contributed by atoms with Crippen molar-refractivity contribution < 1.29 is 4.79 Å². The Labute approximate surface area is 168 Å². The van der Waals surface area contributed by atoms with Gasteiger partial charge in [-0.15, -0.1) is 0 Å². The Hall–Kier alpha value is -3.22. The Morgan fingerprint density at radius 3 is 2.48 bits per heavy atom. The van der Waals surface area contributed by atoms with Crippen LogP contribution in [0.1, 0.15) is 34.8 Å². The molecule has 0 atom stereocenters. The first-order valence-corrected chi connectivity index (χ1v) is 10.1. The van der Waals surface area contributed by atoms with E-state index >= 15 is 0 Å². The van der Waals surface area contributed by atoms with E-state index in [1.807, 2.05) is 29.4 Å². The molecule has 2 aromatic heterocycles. The van der Waals surface area contributed by atoms with Gasteiger partial charge in [-0.05, 0) is 36.5 Å². The molecule has 0 radical (unpaired) electrons. The fourth-order valence-electron chi connectivity index (χ4n) is 4.15. The van der Waals surface area contributed by atoms with Crippen molar-refractivity contribution in [2.24, 2.45) is 7.05 Å². The molecule has 2 fully saturated rings. The van der Waals surface area contributed by atoms with Crippen molar-refractivity contribution in [1.82, 2.24) is 19.7 Å². The molecule has 0 spiro atoms. The zero-order valence-electron chi connectivity index (χ0n) is 16.4. The summed E-state index contributed by atoms with van der Waals surface area (Å²) >= 11 is 0. The first-order chi connectivity index (χ1) is 14.1. The topological polar surface area (TPSA) is 71.3 Å². The molecule has 1 saturated heterocycles. The molecule has 1 aliphatic heterocycles. The van der Waals surface area contributed by atoms with Crippen LogP contribution in [0, 0.1) is 0 Å². The van der Waals surface area contributed by atoms with Gasteiger partial charge in [0.05, 0.1) is 5.39 Å². The summed E-state index contributed by atoms with van der Waals surface area (Å²) < 4.78 is 1.25. The molecule has 0 N–H and O–H groups in total. The van der Waals surface area contributed by atoms with Gasteiger partial charge in [0.25, 0.3) is 11.5 Å². The average Bonchev–Trinajstić information content (AvgIpc) is 3.61. The summed E-state index contributed by atoms with van der Waals surface area (Å²) in [6.45, 7) is 2.81. The number of aryl methyl sites for hydroxylation is 1. The van der Waals surface area contributed by atoms with E-state index in [9.17, 15) is 9.59 Å². The summed E-state index contributed by atoms with van der Waals surface area (Å²) in [5.74, 6) is 0.521. The zero-order chi connectivity index (χ0) is 20.0. The fraction of sp³-hybridized carbons (Fsp3) is 0.364. The Kier molecular flexibility index (Phi) is 4.30. The molecule has 2 aliphatic rings. The van der Waals surface area contributed by atoms with Gasteiger partial charge in [0.15, 0.2) is 5.69 Å². The molecule has 7 heteroatoms. The Balaban J connectivity index is 1.38. The van der Waals surface area contributed by atoms with Gasteiger partial charge in [0.1, 0.15) is 0 Å². The second kappa shape index (κ2) is 6.99. The number of pyridine rings is 1. The third-order valence-electron chi connectivity index (χ3n) is 5.91. The number of fused-ring (bicyclic) bond motifs is 1. The van der Waals surface area contributed by atoms with Crippen LogP contribution in [0.15, 0.2) is 47.5 Å². The number of rotatable bonds is 3. The number of amides is 1. The van der Waals surface area contributed by atoms with Crippen molar-refractivity contribution in [3.05, 3.63) is 64.3 Å². The molecule has 0 unspecified atom stereocenters. The summed E-state index contributed by atoms with van der Waals surface area (Å²) in [5, 5.41) is 5.43. The van der Waals surface area contributed by atoms with Crippen LogP contribution in [0.2, 0.25) is 0 Å². The van der Waals surface area contributed by atoms with Crippen LogP contribution in [-0.2, 0) is 7.05 Å². The second-order valence-electron chi connectivity index (χ2n) is 7.81. The van der Waals surface area contributed by atoms with Gasteiger partial charge < -0.3 is 9.80 Å². The summed E-state index contributed by atoms with van der Waals surface area (Å²) in [5.41, 5.74) is 2.74. The molecule has 1 aromatic carbocycles. The predicted molar refractivity (Wildman–Crippen MR) is 111 cm³/mol. The predicted octanol–water partition coefficient (Wildman–Crippen LogP) is 2.17. The van der Waals surface area contributed by atoms with E-state index in [1.54, 1.807) is 19.2 Å². The maximum absolute atomic E-state index is 13.2. The van der Waals surface area contributed by atoms with E-state index < -0.39 is 0 Å². The van der Waals surface area contributed by atoms with E-state index in [4.69, 9.17) is 0 Å². The van der Waals surface area contributed by atoms with Crippen molar-refractivity contribution in [2.45, 2.75) is 18.8 Å². The highest BCUT2D eigenvalue weighted by molar-refractivity contribution is 6.04. The molecule has 29 heavy (non-hydrogen) atoms. The molecule has 5 rings (SSSR count). The highest BCUT2D eigenvalue weighted by atomic mass is 16.2. The second-order valence-corrected chi connectivity index (χ2v) is 7.81. The highest BCUT2D eigenvalue weighted by Gasteiger charge is 2.30. The minimum absolute atomic E-state index is 0.117. The molecule has 3 aromatic rings. The first-order valence-electron chi connectivity index (χ1n) is 10.1. The van der Waals surface area contributed by atoms with Gasteiger partial charge >= 0.3 is 0 Å². The summed E-state index contributed by atoms with van der Waals surface area (Å²) in [4.78, 5) is 34.1. The lowest BCUT2D eigenvalue weighted by atomic mass is 10.1. The Bertz CT molecular complexity index is 1140. The quantitative estimate of drug-likeness (QED) is 0.687. The van der Waals surface area contributed by atoms with Crippen molar-refractivity contribution in [3.8, 4) is 0 Å². The Morgan fingerprint density at radius 2 is 1.76 bits per heavy atom.